The first-order valence-electron chi connectivity index (χ1n) is 6.81. The summed E-state index contributed by atoms with van der Waals surface area (Å²) in [4.78, 5) is 26.6. The summed E-state index contributed by atoms with van der Waals surface area (Å²) in [6, 6.07) is 8.90. The van der Waals surface area contributed by atoms with Gasteiger partial charge in [-0.15, -0.1) is 0 Å². The predicted octanol–water partition coefficient (Wildman–Crippen LogP) is 2.71. The van der Waals surface area contributed by atoms with Gasteiger partial charge in [0.2, 0.25) is 0 Å². The fraction of sp³-hybridized carbons (Fsp3) is 0.250. The van der Waals surface area contributed by atoms with Crippen molar-refractivity contribution in [2.24, 2.45) is 0 Å². The van der Waals surface area contributed by atoms with Crippen molar-refractivity contribution in [3.8, 4) is 11.3 Å². The zero-order valence-corrected chi connectivity index (χ0v) is 11.9. The van der Waals surface area contributed by atoms with Gasteiger partial charge in [-0.2, -0.15) is 0 Å². The molecule has 1 atom stereocenters. The molecular weight excluding hydrogens is 271 g/mol. The first-order valence-corrected chi connectivity index (χ1v) is 6.81. The van der Waals surface area contributed by atoms with E-state index in [0.717, 1.165) is 6.42 Å². The van der Waals surface area contributed by atoms with Crippen molar-refractivity contribution >= 4 is 5.91 Å². The third-order valence-electron chi connectivity index (χ3n) is 3.30. The Balaban J connectivity index is 2.27. The molecule has 0 unspecified atom stereocenters. The molecule has 0 bridgehead atoms. The summed E-state index contributed by atoms with van der Waals surface area (Å²) in [6.45, 7) is 3.83. The lowest BCUT2D eigenvalue weighted by molar-refractivity contribution is 0.0938. The smallest absolute Gasteiger partial charge is 0.261 e. The molecule has 5 heteroatoms. The fourth-order valence-electron chi connectivity index (χ4n) is 1.85. The van der Waals surface area contributed by atoms with E-state index in [4.69, 9.17) is 0 Å². The zero-order valence-electron chi connectivity index (χ0n) is 11.9. The summed E-state index contributed by atoms with van der Waals surface area (Å²) in [5, 5.41) is 2.74. The van der Waals surface area contributed by atoms with Crippen LogP contribution in [0.2, 0.25) is 0 Å². The van der Waals surface area contributed by atoms with Crippen LogP contribution in [0.3, 0.4) is 0 Å². The van der Waals surface area contributed by atoms with Crippen LogP contribution in [0.1, 0.15) is 30.6 Å². The lowest BCUT2D eigenvalue weighted by Gasteiger charge is -2.11. The van der Waals surface area contributed by atoms with Crippen molar-refractivity contribution in [3.05, 3.63) is 58.1 Å². The van der Waals surface area contributed by atoms with E-state index in [1.54, 1.807) is 18.2 Å². The Kier molecular flexibility index (Phi) is 4.52. The standard InChI is InChI=1S/C16H17FN2O2/c1-3-10(2)18-15(20)13-8-9-14(19-16(13)21)11-4-6-12(17)7-5-11/h4-10H,3H2,1-2H3,(H,18,20)(H,19,21)/t10-/m0/s1. The fourth-order valence-corrected chi connectivity index (χ4v) is 1.85. The minimum absolute atomic E-state index is 0.00803. The number of rotatable bonds is 4. The molecule has 0 saturated carbocycles. The van der Waals surface area contributed by atoms with E-state index >= 15 is 0 Å². The summed E-state index contributed by atoms with van der Waals surface area (Å²) in [7, 11) is 0. The van der Waals surface area contributed by atoms with Crippen LogP contribution in [-0.2, 0) is 0 Å². The monoisotopic (exact) mass is 288 g/mol. The molecule has 2 N–H and O–H groups in total. The van der Waals surface area contributed by atoms with Gasteiger partial charge >= 0.3 is 0 Å². The average Bonchev–Trinajstić information content (AvgIpc) is 2.47. The number of nitrogens with one attached hydrogen (secondary N) is 2. The maximum atomic E-state index is 12.9. The lowest BCUT2D eigenvalue weighted by atomic mass is 10.1. The van der Waals surface area contributed by atoms with Gasteiger partial charge in [0.15, 0.2) is 0 Å². The molecule has 21 heavy (non-hydrogen) atoms. The molecule has 1 heterocycles. The Morgan fingerprint density at radius 2 is 1.90 bits per heavy atom. The summed E-state index contributed by atoms with van der Waals surface area (Å²) in [5.41, 5.74) is 0.835. The van der Waals surface area contributed by atoms with E-state index in [0.29, 0.717) is 11.3 Å². The van der Waals surface area contributed by atoms with E-state index in [1.165, 1.54) is 18.2 Å². The maximum absolute atomic E-state index is 12.9. The molecule has 2 aromatic rings. The van der Waals surface area contributed by atoms with Gasteiger partial charge in [-0.05, 0) is 55.3 Å². The number of carbonyl (C=O) groups excluding carboxylic acids is 1. The van der Waals surface area contributed by atoms with E-state index in [2.05, 4.69) is 10.3 Å². The molecule has 4 nitrogen and oxygen atoms in total. The Hall–Kier alpha value is -2.43. The number of H-pyrrole nitrogens is 1. The summed E-state index contributed by atoms with van der Waals surface area (Å²) in [6.07, 6.45) is 0.789. The number of pyridine rings is 1. The predicted molar refractivity (Wildman–Crippen MR) is 79.7 cm³/mol. The molecular formula is C16H17FN2O2. The van der Waals surface area contributed by atoms with Crippen molar-refractivity contribution in [2.45, 2.75) is 26.3 Å². The van der Waals surface area contributed by atoms with Gasteiger partial charge in [0.05, 0.1) is 0 Å². The molecule has 2 rings (SSSR count). The van der Waals surface area contributed by atoms with Gasteiger partial charge in [0, 0.05) is 11.7 Å². The topological polar surface area (TPSA) is 62.0 Å². The van der Waals surface area contributed by atoms with Crippen LogP contribution in [0.15, 0.2) is 41.2 Å². The number of halogens is 1. The minimum Gasteiger partial charge on any atom is -0.349 e. The highest BCUT2D eigenvalue weighted by Crippen LogP contribution is 2.16. The van der Waals surface area contributed by atoms with Crippen molar-refractivity contribution in [1.82, 2.24) is 10.3 Å². The largest absolute Gasteiger partial charge is 0.349 e. The number of amides is 1. The number of aromatic nitrogens is 1. The molecule has 0 saturated heterocycles. The highest BCUT2D eigenvalue weighted by molar-refractivity contribution is 5.94. The molecule has 0 fully saturated rings. The first-order chi connectivity index (χ1) is 10.0. The van der Waals surface area contributed by atoms with Crippen LogP contribution >= 0.6 is 0 Å². The normalized spacial score (nSPS) is 12.0. The second-order valence-electron chi connectivity index (χ2n) is 4.90. The second-order valence-corrected chi connectivity index (χ2v) is 4.90. The SMILES string of the molecule is CC[C@H](C)NC(=O)c1ccc(-c2ccc(F)cc2)[nH]c1=O. The van der Waals surface area contributed by atoms with Gasteiger partial charge in [0.25, 0.3) is 11.5 Å². The Morgan fingerprint density at radius 1 is 1.24 bits per heavy atom. The number of carbonyl (C=O) groups is 1. The highest BCUT2D eigenvalue weighted by Gasteiger charge is 2.13. The lowest BCUT2D eigenvalue weighted by Crippen LogP contribution is -2.35. The van der Waals surface area contributed by atoms with E-state index in [9.17, 15) is 14.0 Å². The Bertz CT molecular complexity index is 692. The van der Waals surface area contributed by atoms with Crippen molar-refractivity contribution in [3.63, 3.8) is 0 Å². The molecule has 1 amide bonds. The van der Waals surface area contributed by atoms with Gasteiger partial charge < -0.3 is 10.3 Å². The van der Waals surface area contributed by atoms with Crippen LogP contribution < -0.4 is 10.9 Å². The number of aromatic amines is 1. The van der Waals surface area contributed by atoms with Crippen LogP contribution in [-0.4, -0.2) is 16.9 Å². The van der Waals surface area contributed by atoms with Crippen LogP contribution in [0.25, 0.3) is 11.3 Å². The molecule has 0 aliphatic carbocycles. The van der Waals surface area contributed by atoms with Crippen LogP contribution in [0, 0.1) is 5.82 Å². The quantitative estimate of drug-likeness (QED) is 0.908. The van der Waals surface area contributed by atoms with Gasteiger partial charge in [-0.3, -0.25) is 9.59 Å². The van der Waals surface area contributed by atoms with Crippen molar-refractivity contribution < 1.29 is 9.18 Å². The van der Waals surface area contributed by atoms with Gasteiger partial charge in [0.1, 0.15) is 11.4 Å². The molecule has 1 aromatic heterocycles. The second kappa shape index (κ2) is 6.35. The molecule has 0 spiro atoms. The van der Waals surface area contributed by atoms with Gasteiger partial charge in [-0.25, -0.2) is 4.39 Å². The Morgan fingerprint density at radius 3 is 2.48 bits per heavy atom. The number of hydrogen-bond acceptors (Lipinski definition) is 2. The maximum Gasteiger partial charge on any atom is 0.261 e. The first kappa shape index (κ1) is 15.0. The summed E-state index contributed by atoms with van der Waals surface area (Å²) >= 11 is 0. The number of hydrogen-bond donors (Lipinski definition) is 2. The molecule has 0 aliphatic rings. The zero-order chi connectivity index (χ0) is 15.4. The third-order valence-corrected chi connectivity index (χ3v) is 3.30. The van der Waals surface area contributed by atoms with Crippen molar-refractivity contribution in [2.75, 3.05) is 0 Å². The third kappa shape index (κ3) is 3.56. The van der Waals surface area contributed by atoms with E-state index in [-0.39, 0.29) is 17.4 Å². The number of benzene rings is 1. The summed E-state index contributed by atoms with van der Waals surface area (Å²) < 4.78 is 12.9. The highest BCUT2D eigenvalue weighted by atomic mass is 19.1. The van der Waals surface area contributed by atoms with Crippen molar-refractivity contribution in [1.29, 1.82) is 0 Å². The minimum atomic E-state index is -0.461. The molecule has 110 valence electrons. The van der Waals surface area contributed by atoms with Gasteiger partial charge in [-0.1, -0.05) is 6.92 Å². The average molecular weight is 288 g/mol. The van der Waals surface area contributed by atoms with Crippen LogP contribution in [0.5, 0.6) is 0 Å². The summed E-state index contributed by atoms with van der Waals surface area (Å²) in [5.74, 6) is -0.734. The molecule has 0 aliphatic heterocycles. The molecule has 1 aromatic carbocycles. The molecule has 0 radical (unpaired) electrons. The van der Waals surface area contributed by atoms with Crippen LogP contribution in [0.4, 0.5) is 4.39 Å². The Labute approximate surface area is 122 Å². The van der Waals surface area contributed by atoms with E-state index < -0.39 is 11.5 Å². The van der Waals surface area contributed by atoms with E-state index in [1.807, 2.05) is 13.8 Å².